The third kappa shape index (κ3) is 4.61. The second kappa shape index (κ2) is 8.35. The summed E-state index contributed by atoms with van der Waals surface area (Å²) in [7, 11) is 1.74. The lowest BCUT2D eigenvalue weighted by molar-refractivity contribution is 0.0882. The van der Waals surface area contributed by atoms with Gasteiger partial charge in [-0.05, 0) is 43.5 Å². The quantitative estimate of drug-likeness (QED) is 0.779. The Morgan fingerprint density at radius 2 is 2.29 bits per heavy atom. The molecule has 1 fully saturated rings. The van der Waals surface area contributed by atoms with Gasteiger partial charge in [-0.1, -0.05) is 23.7 Å². The van der Waals surface area contributed by atoms with Gasteiger partial charge in [-0.25, -0.2) is 4.39 Å². The number of methoxy groups -OCH3 is 1. The maximum Gasteiger partial charge on any atom is 0.240 e. The molecule has 1 saturated heterocycles. The summed E-state index contributed by atoms with van der Waals surface area (Å²) < 4.78 is 23.9. The first-order valence-electron chi connectivity index (χ1n) is 8.53. The fourth-order valence-electron chi connectivity index (χ4n) is 3.28. The van der Waals surface area contributed by atoms with Gasteiger partial charge in [0.05, 0.1) is 6.54 Å². The molecule has 0 aliphatic carbocycles. The van der Waals surface area contributed by atoms with Crippen LogP contribution >= 0.6 is 0 Å². The van der Waals surface area contributed by atoms with Crippen LogP contribution in [-0.4, -0.2) is 41.3 Å². The summed E-state index contributed by atoms with van der Waals surface area (Å²) in [4.78, 5) is 6.88. The topological polar surface area (TPSA) is 51.4 Å². The van der Waals surface area contributed by atoms with Crippen molar-refractivity contribution in [2.24, 2.45) is 0 Å². The average molecular weight is 333 g/mol. The number of halogens is 1. The molecule has 0 saturated carbocycles. The zero-order valence-electron chi connectivity index (χ0n) is 14.1. The number of nitrogens with zero attached hydrogens (tertiary/aromatic N) is 3. The van der Waals surface area contributed by atoms with Crippen LogP contribution in [0.2, 0.25) is 0 Å². The summed E-state index contributed by atoms with van der Waals surface area (Å²) in [6.07, 6.45) is 5.16. The number of aromatic nitrogens is 2. The standard InChI is InChI=1S/C18H24FN3O2/c1-23-10-8-16-7-2-3-9-22(16)13-18-20-17(21-24-18)12-14-5-4-6-15(19)11-14/h4-6,11,16H,2-3,7-10,12-13H2,1H3/t16-/m0/s1. The first-order valence-corrected chi connectivity index (χ1v) is 8.53. The van der Waals surface area contributed by atoms with Crippen LogP contribution in [0.1, 0.15) is 43.0 Å². The summed E-state index contributed by atoms with van der Waals surface area (Å²) in [5, 5.41) is 4.03. The molecule has 0 bridgehead atoms. The zero-order chi connectivity index (χ0) is 16.8. The van der Waals surface area contributed by atoms with E-state index < -0.39 is 0 Å². The highest BCUT2D eigenvalue weighted by atomic mass is 19.1. The highest BCUT2D eigenvalue weighted by Crippen LogP contribution is 2.21. The number of hydrogen-bond acceptors (Lipinski definition) is 5. The zero-order valence-corrected chi connectivity index (χ0v) is 14.1. The van der Waals surface area contributed by atoms with Gasteiger partial charge < -0.3 is 9.26 Å². The number of piperidine rings is 1. The average Bonchev–Trinajstić information content (AvgIpc) is 3.01. The Labute approximate surface area is 141 Å². The Morgan fingerprint density at radius 1 is 1.38 bits per heavy atom. The molecule has 3 rings (SSSR count). The van der Waals surface area contributed by atoms with Crippen LogP contribution in [0.5, 0.6) is 0 Å². The molecule has 5 nitrogen and oxygen atoms in total. The van der Waals surface area contributed by atoms with Crippen molar-refractivity contribution >= 4 is 0 Å². The number of benzene rings is 1. The predicted molar refractivity (Wildman–Crippen MR) is 88.0 cm³/mol. The van der Waals surface area contributed by atoms with Crippen molar-refractivity contribution in [2.75, 3.05) is 20.3 Å². The highest BCUT2D eigenvalue weighted by Gasteiger charge is 2.24. The van der Waals surface area contributed by atoms with E-state index in [0.29, 0.717) is 30.7 Å². The van der Waals surface area contributed by atoms with Crippen LogP contribution in [0, 0.1) is 5.82 Å². The molecule has 1 aliphatic heterocycles. The lowest BCUT2D eigenvalue weighted by Gasteiger charge is -2.34. The summed E-state index contributed by atoms with van der Waals surface area (Å²) in [6.45, 7) is 2.50. The van der Waals surface area contributed by atoms with Gasteiger partial charge >= 0.3 is 0 Å². The van der Waals surface area contributed by atoms with Crippen molar-refractivity contribution in [1.29, 1.82) is 0 Å². The second-order valence-electron chi connectivity index (χ2n) is 6.31. The highest BCUT2D eigenvalue weighted by molar-refractivity contribution is 5.19. The van der Waals surface area contributed by atoms with Crippen molar-refractivity contribution in [3.8, 4) is 0 Å². The minimum Gasteiger partial charge on any atom is -0.385 e. The third-order valence-electron chi connectivity index (χ3n) is 4.50. The van der Waals surface area contributed by atoms with Crippen LogP contribution in [-0.2, 0) is 17.7 Å². The molecule has 0 radical (unpaired) electrons. The molecular formula is C18H24FN3O2. The molecule has 0 N–H and O–H groups in total. The molecule has 2 heterocycles. The molecule has 0 spiro atoms. The lowest BCUT2D eigenvalue weighted by Crippen LogP contribution is -2.39. The van der Waals surface area contributed by atoms with Crippen molar-refractivity contribution in [1.82, 2.24) is 15.0 Å². The number of rotatable bonds is 7. The van der Waals surface area contributed by atoms with Gasteiger partial charge in [0.25, 0.3) is 0 Å². The van der Waals surface area contributed by atoms with Gasteiger partial charge in [0.1, 0.15) is 5.82 Å². The van der Waals surface area contributed by atoms with E-state index in [9.17, 15) is 4.39 Å². The fraction of sp³-hybridized carbons (Fsp3) is 0.556. The fourth-order valence-corrected chi connectivity index (χ4v) is 3.28. The first kappa shape index (κ1) is 17.0. The lowest BCUT2D eigenvalue weighted by atomic mass is 10.00. The van der Waals surface area contributed by atoms with E-state index in [2.05, 4.69) is 15.0 Å². The summed E-state index contributed by atoms with van der Waals surface area (Å²) in [6, 6.07) is 7.00. The van der Waals surface area contributed by atoms with Crippen LogP contribution in [0.3, 0.4) is 0 Å². The van der Waals surface area contributed by atoms with Crippen molar-refractivity contribution in [3.63, 3.8) is 0 Å². The second-order valence-corrected chi connectivity index (χ2v) is 6.31. The largest absolute Gasteiger partial charge is 0.385 e. The van der Waals surface area contributed by atoms with Crippen LogP contribution in [0.25, 0.3) is 0 Å². The maximum absolute atomic E-state index is 13.2. The SMILES string of the molecule is COCC[C@@H]1CCCCN1Cc1nc(Cc2cccc(F)c2)no1. The molecule has 0 unspecified atom stereocenters. The summed E-state index contributed by atoms with van der Waals surface area (Å²) >= 11 is 0. The van der Waals surface area contributed by atoms with E-state index in [-0.39, 0.29) is 5.82 Å². The Bertz CT molecular complexity index is 647. The molecule has 2 aromatic rings. The number of ether oxygens (including phenoxy) is 1. The van der Waals surface area contributed by atoms with Gasteiger partial charge in [0.2, 0.25) is 5.89 Å². The molecule has 1 aromatic heterocycles. The Kier molecular flexibility index (Phi) is 5.93. The minimum atomic E-state index is -0.245. The molecule has 1 aromatic carbocycles. The first-order chi connectivity index (χ1) is 11.7. The molecule has 24 heavy (non-hydrogen) atoms. The van der Waals surface area contributed by atoms with E-state index in [0.717, 1.165) is 25.1 Å². The Morgan fingerprint density at radius 3 is 3.12 bits per heavy atom. The normalized spacial score (nSPS) is 18.8. The predicted octanol–water partition coefficient (Wildman–Crippen LogP) is 3.19. The summed E-state index contributed by atoms with van der Waals surface area (Å²) in [5.74, 6) is 0.984. The van der Waals surface area contributed by atoms with E-state index in [1.807, 2.05) is 6.07 Å². The van der Waals surface area contributed by atoms with Gasteiger partial charge in [-0.3, -0.25) is 4.90 Å². The maximum atomic E-state index is 13.2. The van der Waals surface area contributed by atoms with Crippen molar-refractivity contribution in [3.05, 3.63) is 47.4 Å². The summed E-state index contributed by atoms with van der Waals surface area (Å²) in [5.41, 5.74) is 0.846. The Balaban J connectivity index is 1.60. The van der Waals surface area contributed by atoms with Gasteiger partial charge in [-0.2, -0.15) is 4.98 Å². The van der Waals surface area contributed by atoms with E-state index in [4.69, 9.17) is 9.26 Å². The molecule has 1 atom stereocenters. The smallest absolute Gasteiger partial charge is 0.240 e. The van der Waals surface area contributed by atoms with Gasteiger partial charge in [0.15, 0.2) is 5.82 Å². The van der Waals surface area contributed by atoms with E-state index in [1.165, 1.54) is 31.4 Å². The molecule has 0 amide bonds. The van der Waals surface area contributed by atoms with Crippen molar-refractivity contribution in [2.45, 2.75) is 44.7 Å². The third-order valence-corrected chi connectivity index (χ3v) is 4.50. The molecular weight excluding hydrogens is 309 g/mol. The number of hydrogen-bond donors (Lipinski definition) is 0. The van der Waals surface area contributed by atoms with E-state index >= 15 is 0 Å². The molecule has 130 valence electrons. The van der Waals surface area contributed by atoms with Crippen LogP contribution in [0.15, 0.2) is 28.8 Å². The molecule has 1 aliphatic rings. The van der Waals surface area contributed by atoms with Crippen LogP contribution in [0.4, 0.5) is 4.39 Å². The van der Waals surface area contributed by atoms with Crippen LogP contribution < -0.4 is 0 Å². The minimum absolute atomic E-state index is 0.245. The molecule has 6 heteroatoms. The Hall–Kier alpha value is -1.79. The van der Waals surface area contributed by atoms with Gasteiger partial charge in [0, 0.05) is 26.2 Å². The monoisotopic (exact) mass is 333 g/mol. The van der Waals surface area contributed by atoms with E-state index in [1.54, 1.807) is 13.2 Å². The number of likely N-dealkylation sites (tertiary alicyclic amines) is 1. The van der Waals surface area contributed by atoms with Crippen molar-refractivity contribution < 1.29 is 13.7 Å². The van der Waals surface area contributed by atoms with Gasteiger partial charge in [-0.15, -0.1) is 0 Å².